The fourth-order valence-electron chi connectivity index (χ4n) is 1.56. The van der Waals surface area contributed by atoms with Crippen LogP contribution in [0, 0.1) is 5.92 Å². The fourth-order valence-corrected chi connectivity index (χ4v) is 1.56. The summed E-state index contributed by atoms with van der Waals surface area (Å²) in [5.74, 6) is -0.390. The van der Waals surface area contributed by atoms with E-state index in [-0.39, 0.29) is 5.92 Å². The van der Waals surface area contributed by atoms with E-state index in [1.165, 1.54) is 0 Å². The zero-order valence-electron chi connectivity index (χ0n) is 10.3. The molecule has 90 valence electrons. The first-order valence-electron chi connectivity index (χ1n) is 5.52. The molecule has 0 spiro atoms. The van der Waals surface area contributed by atoms with Gasteiger partial charge in [0.1, 0.15) is 0 Å². The first kappa shape index (κ1) is 14.4. The third kappa shape index (κ3) is 3.47. The smallest absolute Gasteiger partial charge is 0.363 e. The van der Waals surface area contributed by atoms with Crippen molar-refractivity contribution in [3.05, 3.63) is 0 Å². The van der Waals surface area contributed by atoms with Crippen LogP contribution >= 0.6 is 0 Å². The molecule has 0 aromatic rings. The van der Waals surface area contributed by atoms with Crippen molar-refractivity contribution in [3.63, 3.8) is 0 Å². The van der Waals surface area contributed by atoms with E-state index in [1.54, 1.807) is 6.92 Å². The molecule has 0 bridgehead atoms. The van der Waals surface area contributed by atoms with Gasteiger partial charge in [0, 0.05) is 6.61 Å². The fraction of sp³-hybridized carbons (Fsp3) is 0.909. The molecule has 0 heterocycles. The van der Waals surface area contributed by atoms with Gasteiger partial charge in [-0.2, -0.15) is 4.89 Å². The Bertz CT molecular complexity index is 191. The predicted molar refractivity (Wildman–Crippen MR) is 57.2 cm³/mol. The van der Waals surface area contributed by atoms with Gasteiger partial charge in [0.15, 0.2) is 5.60 Å². The SMILES string of the molecule is CCOOC(=O)C(CC)(OCC)C(C)C. The minimum Gasteiger partial charge on any atom is -0.363 e. The Morgan fingerprint density at radius 3 is 2.13 bits per heavy atom. The van der Waals surface area contributed by atoms with Crippen molar-refractivity contribution >= 4 is 5.97 Å². The van der Waals surface area contributed by atoms with Crippen LogP contribution in [0.1, 0.15) is 41.0 Å². The minimum atomic E-state index is -0.885. The molecule has 1 unspecified atom stereocenters. The highest BCUT2D eigenvalue weighted by atomic mass is 17.2. The standard InChI is InChI=1S/C11H22O4/c1-6-11(9(4)5,13-7-2)10(12)15-14-8-3/h9H,6-8H2,1-5H3. The van der Waals surface area contributed by atoms with Crippen LogP contribution in [0.15, 0.2) is 0 Å². The summed E-state index contributed by atoms with van der Waals surface area (Å²) in [7, 11) is 0. The molecular weight excluding hydrogens is 196 g/mol. The second-order valence-electron chi connectivity index (χ2n) is 3.61. The van der Waals surface area contributed by atoms with Gasteiger partial charge in [-0.05, 0) is 26.2 Å². The van der Waals surface area contributed by atoms with Crippen LogP contribution in [-0.2, 0) is 19.3 Å². The maximum absolute atomic E-state index is 11.8. The summed E-state index contributed by atoms with van der Waals surface area (Å²) in [6, 6.07) is 0. The molecule has 0 saturated carbocycles. The number of ether oxygens (including phenoxy) is 1. The number of carbonyl (C=O) groups is 1. The second kappa shape index (κ2) is 6.80. The Kier molecular flexibility index (Phi) is 6.52. The number of carbonyl (C=O) groups excluding carboxylic acids is 1. The lowest BCUT2D eigenvalue weighted by Gasteiger charge is -2.32. The van der Waals surface area contributed by atoms with Crippen LogP contribution in [-0.4, -0.2) is 24.8 Å². The molecule has 0 rings (SSSR count). The summed E-state index contributed by atoms with van der Waals surface area (Å²) in [5, 5.41) is 0. The zero-order valence-corrected chi connectivity index (χ0v) is 10.3. The highest BCUT2D eigenvalue weighted by molar-refractivity contribution is 5.79. The molecule has 0 saturated heterocycles. The maximum atomic E-state index is 11.8. The summed E-state index contributed by atoms with van der Waals surface area (Å²) in [4.78, 5) is 21.2. The molecule has 0 amide bonds. The van der Waals surface area contributed by atoms with Gasteiger partial charge in [-0.3, -0.25) is 4.89 Å². The predicted octanol–water partition coefficient (Wildman–Crippen LogP) is 2.32. The van der Waals surface area contributed by atoms with Gasteiger partial charge in [0.2, 0.25) is 0 Å². The van der Waals surface area contributed by atoms with Crippen molar-refractivity contribution < 1.29 is 19.3 Å². The van der Waals surface area contributed by atoms with Gasteiger partial charge >= 0.3 is 5.97 Å². The van der Waals surface area contributed by atoms with Crippen molar-refractivity contribution in [1.29, 1.82) is 0 Å². The Balaban J connectivity index is 4.65. The van der Waals surface area contributed by atoms with E-state index in [2.05, 4.69) is 4.89 Å². The molecule has 0 aromatic heterocycles. The lowest BCUT2D eigenvalue weighted by Crippen LogP contribution is -2.47. The first-order chi connectivity index (χ1) is 7.05. The lowest BCUT2D eigenvalue weighted by molar-refractivity contribution is -0.288. The average molecular weight is 218 g/mol. The highest BCUT2D eigenvalue weighted by Crippen LogP contribution is 2.27. The third-order valence-electron chi connectivity index (χ3n) is 2.46. The molecule has 15 heavy (non-hydrogen) atoms. The Morgan fingerprint density at radius 2 is 1.80 bits per heavy atom. The third-order valence-corrected chi connectivity index (χ3v) is 2.46. The van der Waals surface area contributed by atoms with Crippen LogP contribution in [0.4, 0.5) is 0 Å². The maximum Gasteiger partial charge on any atom is 0.374 e. The van der Waals surface area contributed by atoms with Crippen molar-refractivity contribution in [1.82, 2.24) is 0 Å². The molecule has 0 aliphatic carbocycles. The second-order valence-corrected chi connectivity index (χ2v) is 3.61. The molecular formula is C11H22O4. The monoisotopic (exact) mass is 218 g/mol. The number of hydrogen-bond acceptors (Lipinski definition) is 4. The van der Waals surface area contributed by atoms with E-state index >= 15 is 0 Å². The molecule has 0 radical (unpaired) electrons. The summed E-state index contributed by atoms with van der Waals surface area (Å²) in [6.45, 7) is 10.2. The highest BCUT2D eigenvalue weighted by Gasteiger charge is 2.43. The van der Waals surface area contributed by atoms with Gasteiger partial charge in [-0.15, -0.1) is 0 Å². The van der Waals surface area contributed by atoms with Gasteiger partial charge in [-0.1, -0.05) is 20.8 Å². The van der Waals surface area contributed by atoms with E-state index in [9.17, 15) is 4.79 Å². The van der Waals surface area contributed by atoms with Crippen LogP contribution in [0.5, 0.6) is 0 Å². The van der Waals surface area contributed by atoms with Gasteiger partial charge in [-0.25, -0.2) is 4.79 Å². The van der Waals surface area contributed by atoms with Crippen molar-refractivity contribution in [2.24, 2.45) is 5.92 Å². The van der Waals surface area contributed by atoms with Gasteiger partial charge in [0.05, 0.1) is 6.61 Å². The summed E-state index contributed by atoms with van der Waals surface area (Å²) >= 11 is 0. The molecule has 0 fully saturated rings. The molecule has 0 aliphatic heterocycles. The van der Waals surface area contributed by atoms with Crippen LogP contribution in [0.3, 0.4) is 0 Å². The zero-order chi connectivity index (χ0) is 11.9. The molecule has 4 heteroatoms. The van der Waals surface area contributed by atoms with Gasteiger partial charge in [0.25, 0.3) is 0 Å². The Hall–Kier alpha value is -0.610. The summed E-state index contributed by atoms with van der Waals surface area (Å²) in [6.07, 6.45) is 0.574. The van der Waals surface area contributed by atoms with Crippen LogP contribution in [0.25, 0.3) is 0 Å². The molecule has 4 nitrogen and oxygen atoms in total. The molecule has 0 aromatic carbocycles. The van der Waals surface area contributed by atoms with Crippen molar-refractivity contribution in [2.75, 3.05) is 13.2 Å². The quantitative estimate of drug-likeness (QED) is 0.486. The van der Waals surface area contributed by atoms with Gasteiger partial charge < -0.3 is 4.74 Å². The van der Waals surface area contributed by atoms with E-state index in [4.69, 9.17) is 9.62 Å². The van der Waals surface area contributed by atoms with E-state index in [0.29, 0.717) is 19.6 Å². The first-order valence-corrected chi connectivity index (χ1v) is 5.52. The Morgan fingerprint density at radius 1 is 1.20 bits per heavy atom. The van der Waals surface area contributed by atoms with E-state index in [1.807, 2.05) is 27.7 Å². The Labute approximate surface area is 91.8 Å². The topological polar surface area (TPSA) is 44.8 Å². The molecule has 0 aliphatic rings. The normalized spacial score (nSPS) is 15.1. The van der Waals surface area contributed by atoms with Crippen molar-refractivity contribution in [2.45, 2.75) is 46.6 Å². The van der Waals surface area contributed by atoms with Crippen LogP contribution in [0.2, 0.25) is 0 Å². The summed E-state index contributed by atoms with van der Waals surface area (Å²) in [5.41, 5.74) is -0.885. The number of hydrogen-bond donors (Lipinski definition) is 0. The van der Waals surface area contributed by atoms with Crippen molar-refractivity contribution in [3.8, 4) is 0 Å². The lowest BCUT2D eigenvalue weighted by atomic mass is 9.87. The molecule has 1 atom stereocenters. The number of rotatable bonds is 7. The van der Waals surface area contributed by atoms with Crippen LogP contribution < -0.4 is 0 Å². The average Bonchev–Trinajstić information content (AvgIpc) is 2.22. The minimum absolute atomic E-state index is 0.0513. The molecule has 0 N–H and O–H groups in total. The summed E-state index contributed by atoms with van der Waals surface area (Å²) < 4.78 is 5.54. The van der Waals surface area contributed by atoms with E-state index in [0.717, 1.165) is 0 Å². The van der Waals surface area contributed by atoms with E-state index < -0.39 is 11.6 Å². The largest absolute Gasteiger partial charge is 0.374 e.